The molecular weight excluding hydrogens is 336 g/mol. The van der Waals surface area contributed by atoms with E-state index in [0.29, 0.717) is 15.8 Å². The molecule has 23 heavy (non-hydrogen) atoms. The number of carbonyl (C=O) groups is 2. The summed E-state index contributed by atoms with van der Waals surface area (Å²) in [5.41, 5.74) is 0.303. The Morgan fingerprint density at radius 3 is 2.87 bits per heavy atom. The van der Waals surface area contributed by atoms with Crippen LogP contribution in [0, 0.1) is 3.95 Å². The second-order valence-electron chi connectivity index (χ2n) is 4.76. The number of hydrogen-bond donors (Lipinski definition) is 2. The topological polar surface area (TPSA) is 91.9 Å². The van der Waals surface area contributed by atoms with E-state index in [1.165, 1.54) is 6.08 Å². The first kappa shape index (κ1) is 15.3. The Morgan fingerprint density at radius 2 is 2.13 bits per heavy atom. The minimum Gasteiger partial charge on any atom is -0.493 e. The van der Waals surface area contributed by atoms with Crippen molar-refractivity contribution in [2.45, 2.75) is 6.54 Å². The summed E-state index contributed by atoms with van der Waals surface area (Å²) in [6.45, 7) is -0.435. The van der Waals surface area contributed by atoms with Gasteiger partial charge >= 0.3 is 5.97 Å². The molecule has 0 radical (unpaired) electrons. The minimum absolute atomic E-state index is 0.220. The highest BCUT2D eigenvalue weighted by atomic mass is 32.1. The molecule has 2 heterocycles. The lowest BCUT2D eigenvalue weighted by atomic mass is 10.1. The van der Waals surface area contributed by atoms with Crippen molar-refractivity contribution >= 4 is 47.6 Å². The predicted octanol–water partition coefficient (Wildman–Crippen LogP) is 1.09. The zero-order valence-electron chi connectivity index (χ0n) is 11.6. The molecule has 1 aliphatic rings. The molecule has 6 nitrogen and oxygen atoms in total. The molecule has 1 aromatic heterocycles. The number of aromatic nitrogens is 1. The summed E-state index contributed by atoms with van der Waals surface area (Å²) >= 11 is 6.08. The molecule has 0 spiro atoms. The highest BCUT2D eigenvalue weighted by Gasteiger charge is 2.16. The zero-order valence-corrected chi connectivity index (χ0v) is 13.2. The molecule has 1 aliphatic heterocycles. The average molecular weight is 346 g/mol. The first-order chi connectivity index (χ1) is 11.0. The van der Waals surface area contributed by atoms with Gasteiger partial charge in [-0.15, -0.1) is 11.3 Å². The predicted molar refractivity (Wildman–Crippen MR) is 87.1 cm³/mol. The van der Waals surface area contributed by atoms with Gasteiger partial charge in [0.25, 0.3) is 5.91 Å². The summed E-state index contributed by atoms with van der Waals surface area (Å²) in [6.07, 6.45) is 3.14. The van der Waals surface area contributed by atoms with Crippen molar-refractivity contribution in [2.24, 2.45) is 4.99 Å². The van der Waals surface area contributed by atoms with Gasteiger partial charge in [0.1, 0.15) is 6.54 Å². The average Bonchev–Trinajstić information content (AvgIpc) is 2.75. The minimum atomic E-state index is -1.11. The van der Waals surface area contributed by atoms with E-state index < -0.39 is 18.4 Å². The first-order valence-electron chi connectivity index (χ1n) is 6.51. The monoisotopic (exact) mass is 346 g/mol. The van der Waals surface area contributed by atoms with Gasteiger partial charge in [0.15, 0.2) is 3.95 Å². The molecule has 0 fully saturated rings. The number of rotatable bonds is 3. The molecule has 3 rings (SSSR count). The second-order valence-corrected chi connectivity index (χ2v) is 6.43. The maximum absolute atomic E-state index is 12.1. The summed E-state index contributed by atoms with van der Waals surface area (Å²) < 4.78 is 1.32. The third kappa shape index (κ3) is 2.99. The largest absolute Gasteiger partial charge is 0.493 e. The number of amides is 1. The lowest BCUT2D eigenvalue weighted by Gasteiger charge is -2.03. The first-order valence-corrected chi connectivity index (χ1v) is 7.74. The molecule has 116 valence electrons. The number of carboxylic acid groups (broad SMARTS) is 1. The second kappa shape index (κ2) is 5.90. The van der Waals surface area contributed by atoms with Crippen molar-refractivity contribution in [3.63, 3.8) is 0 Å². The standard InChI is InChI=1S/C15H10N2O4S2/c18-12(19)7-17-14(21)11(23-15(17)22)6-9-5-8-3-1-2-4-10(8)16-13(9)20/h1-6,21H,7H2,(H,18,19)/b9-6+. The lowest BCUT2D eigenvalue weighted by Crippen LogP contribution is -2.29. The van der Waals surface area contributed by atoms with Crippen LogP contribution in [0.25, 0.3) is 12.2 Å². The Kier molecular flexibility index (Phi) is 3.93. The normalized spacial score (nSPS) is 15.0. The van der Waals surface area contributed by atoms with Gasteiger partial charge in [-0.1, -0.05) is 18.2 Å². The van der Waals surface area contributed by atoms with Crippen molar-refractivity contribution in [2.75, 3.05) is 0 Å². The molecule has 1 aromatic carbocycles. The van der Waals surface area contributed by atoms with Crippen LogP contribution in [0.4, 0.5) is 0 Å². The van der Waals surface area contributed by atoms with Crippen LogP contribution in [-0.4, -0.2) is 26.7 Å². The Morgan fingerprint density at radius 1 is 1.39 bits per heavy atom. The fraction of sp³-hybridized carbons (Fsp3) is 0.0667. The maximum Gasteiger partial charge on any atom is 0.323 e. The third-order valence-corrected chi connectivity index (χ3v) is 4.58. The lowest BCUT2D eigenvalue weighted by molar-refractivity contribution is -0.137. The third-order valence-electron chi connectivity index (χ3n) is 3.19. The maximum atomic E-state index is 12.1. The number of nitrogens with zero attached hydrogens (tertiary/aromatic N) is 2. The summed E-state index contributed by atoms with van der Waals surface area (Å²) in [5.74, 6) is -1.81. The number of para-hydroxylation sites is 1. The van der Waals surface area contributed by atoms with Crippen LogP contribution in [0.3, 0.4) is 0 Å². The van der Waals surface area contributed by atoms with Crippen LogP contribution in [0.2, 0.25) is 0 Å². The number of hydrogen-bond acceptors (Lipinski definition) is 5. The van der Waals surface area contributed by atoms with Crippen LogP contribution >= 0.6 is 23.6 Å². The van der Waals surface area contributed by atoms with Crippen LogP contribution in [0.15, 0.2) is 34.8 Å². The molecule has 0 aliphatic carbocycles. The Balaban J connectivity index is 2.10. The molecule has 0 unspecified atom stereocenters. The van der Waals surface area contributed by atoms with Gasteiger partial charge < -0.3 is 10.2 Å². The number of carbonyl (C=O) groups excluding carboxylic acids is 1. The number of aromatic hydroxyl groups is 1. The van der Waals surface area contributed by atoms with Crippen LogP contribution in [-0.2, 0) is 16.1 Å². The van der Waals surface area contributed by atoms with E-state index >= 15 is 0 Å². The Bertz CT molecular complexity index is 1030. The van der Waals surface area contributed by atoms with E-state index in [4.69, 9.17) is 17.3 Å². The van der Waals surface area contributed by atoms with E-state index in [-0.39, 0.29) is 9.83 Å². The van der Waals surface area contributed by atoms with E-state index in [1.54, 1.807) is 18.2 Å². The molecule has 2 aromatic rings. The quantitative estimate of drug-likeness (QED) is 0.641. The molecule has 0 bridgehead atoms. The fourth-order valence-electron chi connectivity index (χ4n) is 2.14. The summed E-state index contributed by atoms with van der Waals surface area (Å²) in [4.78, 5) is 27.2. The highest BCUT2D eigenvalue weighted by molar-refractivity contribution is 7.73. The van der Waals surface area contributed by atoms with Crippen molar-refractivity contribution in [1.82, 2.24) is 4.57 Å². The van der Waals surface area contributed by atoms with Gasteiger partial charge in [-0.3, -0.25) is 14.2 Å². The number of benzene rings is 1. The van der Waals surface area contributed by atoms with E-state index in [1.807, 2.05) is 12.1 Å². The fourth-order valence-corrected chi connectivity index (χ4v) is 3.40. The van der Waals surface area contributed by atoms with Crippen molar-refractivity contribution in [1.29, 1.82) is 0 Å². The van der Waals surface area contributed by atoms with Crippen LogP contribution < -0.4 is 10.6 Å². The van der Waals surface area contributed by atoms with Gasteiger partial charge in [0.2, 0.25) is 5.88 Å². The Hall–Kier alpha value is -2.58. The van der Waals surface area contributed by atoms with Gasteiger partial charge in [-0.25, -0.2) is 4.99 Å². The SMILES string of the molecule is O=C(O)Cn1c(O)c(/C=C2\C=c3ccccc3=NC2=O)sc1=S. The summed E-state index contributed by atoms with van der Waals surface area (Å²) in [7, 11) is 0. The molecule has 2 N–H and O–H groups in total. The van der Waals surface area contributed by atoms with Crippen LogP contribution in [0.5, 0.6) is 5.88 Å². The Labute approximate surface area is 139 Å². The van der Waals surface area contributed by atoms with Crippen molar-refractivity contribution < 1.29 is 19.8 Å². The number of aliphatic carboxylic acids is 1. The zero-order chi connectivity index (χ0) is 16.6. The van der Waals surface area contributed by atoms with Crippen molar-refractivity contribution in [3.05, 3.63) is 49.2 Å². The molecule has 1 amide bonds. The number of thiazole rings is 1. The van der Waals surface area contributed by atoms with Gasteiger partial charge in [0.05, 0.1) is 10.2 Å². The number of fused-ring (bicyclic) bond motifs is 1. The molecular formula is C15H10N2O4S2. The van der Waals surface area contributed by atoms with Crippen molar-refractivity contribution in [3.8, 4) is 5.88 Å². The summed E-state index contributed by atoms with van der Waals surface area (Å²) in [6, 6.07) is 7.20. The van der Waals surface area contributed by atoms with Crippen LogP contribution in [0.1, 0.15) is 4.88 Å². The smallest absolute Gasteiger partial charge is 0.323 e. The highest BCUT2D eigenvalue weighted by Crippen LogP contribution is 2.29. The van der Waals surface area contributed by atoms with Gasteiger partial charge in [-0.2, -0.15) is 0 Å². The molecule has 8 heteroatoms. The van der Waals surface area contributed by atoms with E-state index in [2.05, 4.69) is 4.99 Å². The van der Waals surface area contributed by atoms with E-state index in [0.717, 1.165) is 21.1 Å². The summed E-state index contributed by atoms with van der Waals surface area (Å²) in [5, 5.41) is 20.3. The van der Waals surface area contributed by atoms with Gasteiger partial charge in [0, 0.05) is 10.8 Å². The molecule has 0 saturated carbocycles. The van der Waals surface area contributed by atoms with E-state index in [9.17, 15) is 14.7 Å². The molecule has 0 saturated heterocycles. The van der Waals surface area contributed by atoms with Gasteiger partial charge in [-0.05, 0) is 30.4 Å². The number of carboxylic acids is 1. The molecule has 0 atom stereocenters.